The SMILES string of the molecule is CCc1ccc(N(CC(C)C)S(=O)(=O)c2ccc(Br)c(S(C)(=N)=O)c2)cc1. The third kappa shape index (κ3) is 5.12. The molecule has 2 aromatic rings. The first kappa shape index (κ1) is 21.9. The summed E-state index contributed by atoms with van der Waals surface area (Å²) in [6, 6.07) is 11.8. The van der Waals surface area contributed by atoms with Crippen LogP contribution in [0.25, 0.3) is 0 Å². The van der Waals surface area contributed by atoms with Gasteiger partial charge in [-0.1, -0.05) is 32.9 Å². The third-order valence-electron chi connectivity index (χ3n) is 4.07. The Bertz CT molecular complexity index is 1020. The average Bonchev–Trinajstić information content (AvgIpc) is 2.58. The van der Waals surface area contributed by atoms with E-state index in [2.05, 4.69) is 15.9 Å². The molecule has 0 aliphatic rings. The highest BCUT2D eigenvalue weighted by Crippen LogP contribution is 2.30. The van der Waals surface area contributed by atoms with E-state index in [0.717, 1.165) is 12.0 Å². The zero-order valence-electron chi connectivity index (χ0n) is 15.9. The van der Waals surface area contributed by atoms with Crippen LogP contribution in [0.1, 0.15) is 26.3 Å². The lowest BCUT2D eigenvalue weighted by Gasteiger charge is -2.27. The van der Waals surface area contributed by atoms with E-state index in [1.54, 1.807) is 0 Å². The summed E-state index contributed by atoms with van der Waals surface area (Å²) in [5.41, 5.74) is 1.72. The number of nitrogens with one attached hydrogen (secondary N) is 1. The molecule has 0 aliphatic heterocycles. The highest BCUT2D eigenvalue weighted by molar-refractivity contribution is 9.10. The molecule has 0 bridgehead atoms. The summed E-state index contributed by atoms with van der Waals surface area (Å²) in [6.45, 7) is 6.28. The minimum Gasteiger partial charge on any atom is -0.266 e. The van der Waals surface area contributed by atoms with Gasteiger partial charge < -0.3 is 0 Å². The van der Waals surface area contributed by atoms with Crippen LogP contribution >= 0.6 is 15.9 Å². The fourth-order valence-electron chi connectivity index (χ4n) is 2.64. The molecule has 0 spiro atoms. The van der Waals surface area contributed by atoms with E-state index in [0.29, 0.717) is 16.7 Å². The number of halogens is 1. The Kier molecular flexibility index (Phi) is 6.76. The van der Waals surface area contributed by atoms with Gasteiger partial charge in [-0.3, -0.25) is 4.31 Å². The highest BCUT2D eigenvalue weighted by Gasteiger charge is 2.27. The predicted molar refractivity (Wildman–Crippen MR) is 114 cm³/mol. The first-order valence-electron chi connectivity index (χ1n) is 8.62. The molecule has 1 atom stereocenters. The zero-order valence-corrected chi connectivity index (χ0v) is 19.1. The Morgan fingerprint density at radius 1 is 1.07 bits per heavy atom. The molecule has 1 unspecified atom stereocenters. The van der Waals surface area contributed by atoms with Gasteiger partial charge in [-0.05, 0) is 64.2 Å². The fourth-order valence-corrected chi connectivity index (χ4v) is 6.34. The van der Waals surface area contributed by atoms with Gasteiger partial charge in [-0.2, -0.15) is 0 Å². The van der Waals surface area contributed by atoms with Crippen molar-refractivity contribution in [3.05, 3.63) is 52.5 Å². The van der Waals surface area contributed by atoms with Crippen LogP contribution in [-0.4, -0.2) is 25.4 Å². The van der Waals surface area contributed by atoms with Crippen molar-refractivity contribution in [3.8, 4) is 0 Å². The van der Waals surface area contributed by atoms with Gasteiger partial charge in [0.15, 0.2) is 0 Å². The lowest BCUT2D eigenvalue weighted by molar-refractivity contribution is 0.577. The average molecular weight is 473 g/mol. The molecule has 0 saturated carbocycles. The summed E-state index contributed by atoms with van der Waals surface area (Å²) in [4.78, 5) is 0.206. The first-order chi connectivity index (χ1) is 12.5. The molecule has 0 aliphatic carbocycles. The maximum Gasteiger partial charge on any atom is 0.264 e. The smallest absolute Gasteiger partial charge is 0.264 e. The van der Waals surface area contributed by atoms with Crippen molar-refractivity contribution in [1.82, 2.24) is 0 Å². The molecule has 0 fully saturated rings. The molecule has 5 nitrogen and oxygen atoms in total. The first-order valence-corrected chi connectivity index (χ1v) is 12.8. The number of hydrogen-bond acceptors (Lipinski definition) is 4. The summed E-state index contributed by atoms with van der Waals surface area (Å²) in [5, 5.41) is 0. The second-order valence-corrected chi connectivity index (χ2v) is 11.7. The maximum atomic E-state index is 13.4. The molecule has 0 radical (unpaired) electrons. The molecule has 2 aromatic carbocycles. The van der Waals surface area contributed by atoms with Crippen LogP contribution in [0, 0.1) is 10.7 Å². The molecule has 0 heterocycles. The van der Waals surface area contributed by atoms with Crippen LogP contribution < -0.4 is 4.31 Å². The lowest BCUT2D eigenvalue weighted by Crippen LogP contribution is -2.34. The number of sulfonamides is 1. The van der Waals surface area contributed by atoms with E-state index in [1.165, 1.54) is 28.8 Å². The maximum absolute atomic E-state index is 13.4. The van der Waals surface area contributed by atoms with Crippen molar-refractivity contribution in [2.45, 2.75) is 37.0 Å². The predicted octanol–water partition coefficient (Wildman–Crippen LogP) is 4.90. The van der Waals surface area contributed by atoms with Gasteiger partial charge >= 0.3 is 0 Å². The topological polar surface area (TPSA) is 78.3 Å². The van der Waals surface area contributed by atoms with Crippen LogP contribution in [0.2, 0.25) is 0 Å². The van der Waals surface area contributed by atoms with Gasteiger partial charge in [0, 0.05) is 17.3 Å². The van der Waals surface area contributed by atoms with Gasteiger partial charge in [-0.15, -0.1) is 0 Å². The summed E-state index contributed by atoms with van der Waals surface area (Å²) < 4.78 is 48.6. The molecule has 27 heavy (non-hydrogen) atoms. The quantitative estimate of drug-likeness (QED) is 0.622. The Hall–Kier alpha value is -1.38. The van der Waals surface area contributed by atoms with Crippen molar-refractivity contribution >= 4 is 41.4 Å². The molecule has 148 valence electrons. The molecule has 8 heteroatoms. The van der Waals surface area contributed by atoms with E-state index < -0.39 is 19.8 Å². The molecule has 0 aromatic heterocycles. The van der Waals surface area contributed by atoms with Crippen LogP contribution in [0.15, 0.2) is 56.7 Å². The minimum absolute atomic E-state index is 0.0303. The van der Waals surface area contributed by atoms with Gasteiger partial charge in [0.25, 0.3) is 10.0 Å². The van der Waals surface area contributed by atoms with Gasteiger partial charge in [0.1, 0.15) is 0 Å². The molecular weight excluding hydrogens is 448 g/mol. The second-order valence-electron chi connectivity index (χ2n) is 6.89. The normalized spacial score (nSPS) is 14.1. The number of hydrogen-bond donors (Lipinski definition) is 1. The van der Waals surface area contributed by atoms with Crippen LogP contribution in [0.5, 0.6) is 0 Å². The second kappa shape index (κ2) is 8.32. The van der Waals surface area contributed by atoms with E-state index in [4.69, 9.17) is 4.78 Å². The Morgan fingerprint density at radius 2 is 1.67 bits per heavy atom. The van der Waals surface area contributed by atoms with Gasteiger partial charge in [-0.25, -0.2) is 17.4 Å². The molecule has 0 amide bonds. The van der Waals surface area contributed by atoms with Crippen molar-refractivity contribution in [2.24, 2.45) is 5.92 Å². The Labute approximate surface area is 170 Å². The highest BCUT2D eigenvalue weighted by atomic mass is 79.9. The van der Waals surface area contributed by atoms with Crippen molar-refractivity contribution in [1.29, 1.82) is 4.78 Å². The van der Waals surface area contributed by atoms with Crippen molar-refractivity contribution in [3.63, 3.8) is 0 Å². The summed E-state index contributed by atoms with van der Waals surface area (Å²) in [5.74, 6) is 0.118. The minimum atomic E-state index is -3.86. The molecule has 0 saturated heterocycles. The van der Waals surface area contributed by atoms with Crippen LogP contribution in [0.3, 0.4) is 0 Å². The Balaban J connectivity index is 2.60. The third-order valence-corrected chi connectivity index (χ3v) is 7.99. The number of rotatable bonds is 7. The fraction of sp³-hybridized carbons (Fsp3) is 0.368. The van der Waals surface area contributed by atoms with E-state index >= 15 is 0 Å². The molecular formula is C19H25BrN2O3S2. The number of nitrogens with zero attached hydrogens (tertiary/aromatic N) is 1. The van der Waals surface area contributed by atoms with Gasteiger partial charge in [0.2, 0.25) is 0 Å². The van der Waals surface area contributed by atoms with E-state index in [1.807, 2.05) is 45.0 Å². The summed E-state index contributed by atoms with van der Waals surface area (Å²) >= 11 is 3.26. The number of benzene rings is 2. The van der Waals surface area contributed by atoms with Crippen LogP contribution in [-0.2, 0) is 26.2 Å². The largest absolute Gasteiger partial charge is 0.266 e. The van der Waals surface area contributed by atoms with Crippen LogP contribution in [0.4, 0.5) is 5.69 Å². The van der Waals surface area contributed by atoms with E-state index in [9.17, 15) is 12.6 Å². The summed E-state index contributed by atoms with van der Waals surface area (Å²) in [6.07, 6.45) is 2.15. The molecule has 1 N–H and O–H groups in total. The summed E-state index contributed by atoms with van der Waals surface area (Å²) in [7, 11) is -6.93. The van der Waals surface area contributed by atoms with Gasteiger partial charge in [0.05, 0.1) is 25.2 Å². The lowest BCUT2D eigenvalue weighted by atomic mass is 10.1. The number of aryl methyl sites for hydroxylation is 1. The number of anilines is 1. The monoisotopic (exact) mass is 472 g/mol. The van der Waals surface area contributed by atoms with E-state index in [-0.39, 0.29) is 15.7 Å². The molecule has 2 rings (SSSR count). The standard InChI is InChI=1S/C19H25BrN2O3S2/c1-5-15-6-8-16(9-7-15)22(13-14(2)3)27(24,25)17-10-11-18(20)19(12-17)26(4,21)23/h6-12,14,21H,5,13H2,1-4H3. The zero-order chi connectivity index (χ0) is 20.4. The van der Waals surface area contributed by atoms with Crippen molar-refractivity contribution < 1.29 is 12.6 Å². The van der Waals surface area contributed by atoms with Crippen molar-refractivity contribution in [2.75, 3.05) is 17.1 Å². The Morgan fingerprint density at radius 3 is 2.15 bits per heavy atom.